The van der Waals surface area contributed by atoms with Crippen molar-refractivity contribution in [2.75, 3.05) is 7.11 Å². The van der Waals surface area contributed by atoms with Crippen LogP contribution in [0.15, 0.2) is 48.5 Å². The van der Waals surface area contributed by atoms with Gasteiger partial charge < -0.3 is 20.6 Å². The van der Waals surface area contributed by atoms with Crippen LogP contribution in [0.1, 0.15) is 66.6 Å². The van der Waals surface area contributed by atoms with Gasteiger partial charge in [-0.25, -0.2) is 0 Å². The van der Waals surface area contributed by atoms with E-state index in [2.05, 4.69) is 4.98 Å². The van der Waals surface area contributed by atoms with Crippen molar-refractivity contribution in [3.63, 3.8) is 0 Å². The number of carboxylic acids is 1. The van der Waals surface area contributed by atoms with E-state index in [-0.39, 0.29) is 23.5 Å². The Morgan fingerprint density at radius 2 is 1.57 bits per heavy atom. The number of methoxy groups -OCH3 is 1. The Hall–Kier alpha value is -3.61. The number of primary amides is 1. The molecule has 0 spiro atoms. The van der Waals surface area contributed by atoms with Crippen LogP contribution in [-0.2, 0) is 16.0 Å². The van der Waals surface area contributed by atoms with Gasteiger partial charge in [-0.1, -0.05) is 18.2 Å². The first kappa shape index (κ1) is 25.1. The number of fused-ring (bicyclic) bond motifs is 1. The maximum atomic E-state index is 12.9. The molecule has 0 atom stereocenters. The van der Waals surface area contributed by atoms with Gasteiger partial charge in [0.25, 0.3) is 0 Å². The fraction of sp³-hybridized carbons (Fsp3) is 0.433. The van der Waals surface area contributed by atoms with E-state index in [9.17, 15) is 14.4 Å². The summed E-state index contributed by atoms with van der Waals surface area (Å²) >= 11 is 0. The van der Waals surface area contributed by atoms with E-state index in [0.717, 1.165) is 53.5 Å². The molecule has 4 bridgehead atoms. The third-order valence-corrected chi connectivity index (χ3v) is 8.54. The lowest BCUT2D eigenvalue weighted by molar-refractivity contribution is -0.142. The Morgan fingerprint density at radius 1 is 0.973 bits per heavy atom. The average Bonchev–Trinajstić information content (AvgIpc) is 3.25. The first-order valence-corrected chi connectivity index (χ1v) is 13.1. The molecule has 4 aliphatic rings. The van der Waals surface area contributed by atoms with Gasteiger partial charge in [-0.15, -0.1) is 0 Å². The summed E-state index contributed by atoms with van der Waals surface area (Å²) in [6, 6.07) is 14.4. The van der Waals surface area contributed by atoms with E-state index < -0.39 is 5.97 Å². The van der Waals surface area contributed by atoms with Crippen molar-refractivity contribution in [3.8, 4) is 5.75 Å². The van der Waals surface area contributed by atoms with Crippen LogP contribution in [0.2, 0.25) is 0 Å². The molecule has 0 aliphatic heterocycles. The molecule has 4 saturated carbocycles. The number of nitrogens with two attached hydrogens (primary N) is 1. The fourth-order valence-corrected chi connectivity index (χ4v) is 7.18. The molecule has 1 aromatic heterocycles. The molecule has 3 aromatic rings. The van der Waals surface area contributed by atoms with Gasteiger partial charge in [0.05, 0.1) is 12.8 Å². The van der Waals surface area contributed by atoms with E-state index in [1.807, 2.05) is 24.3 Å². The highest BCUT2D eigenvalue weighted by Gasteiger charge is 2.53. The minimum Gasteiger partial charge on any atom is -0.497 e. The minimum atomic E-state index is -0.886. The lowest BCUT2D eigenvalue weighted by Gasteiger charge is -2.55. The Kier molecular flexibility index (Phi) is 6.80. The number of aromatic nitrogens is 1. The number of nitrogens with one attached hydrogen (secondary N) is 1. The van der Waals surface area contributed by atoms with Gasteiger partial charge in [-0.3, -0.25) is 14.4 Å². The van der Waals surface area contributed by atoms with E-state index in [1.54, 1.807) is 31.4 Å². The molecule has 4 aliphatic carbocycles. The summed E-state index contributed by atoms with van der Waals surface area (Å²) in [6.45, 7) is 0. The number of rotatable bonds is 7. The summed E-state index contributed by atoms with van der Waals surface area (Å²) < 4.78 is 5.11. The number of carboxylic acid groups (broad SMARTS) is 1. The van der Waals surface area contributed by atoms with Crippen LogP contribution < -0.4 is 10.5 Å². The third-order valence-electron chi connectivity index (χ3n) is 8.54. The van der Waals surface area contributed by atoms with Gasteiger partial charge in [0, 0.05) is 28.3 Å². The summed E-state index contributed by atoms with van der Waals surface area (Å²) in [5.74, 6) is 2.12. The molecule has 37 heavy (non-hydrogen) atoms. The Bertz CT molecular complexity index is 1290. The van der Waals surface area contributed by atoms with Crippen LogP contribution in [0.5, 0.6) is 5.75 Å². The lowest BCUT2D eigenvalue weighted by atomic mass is 9.49. The fourth-order valence-electron chi connectivity index (χ4n) is 7.18. The Morgan fingerprint density at radius 3 is 2.11 bits per heavy atom. The van der Waals surface area contributed by atoms with Crippen LogP contribution in [-0.4, -0.2) is 34.9 Å². The molecule has 1 amide bonds. The molecule has 0 unspecified atom stereocenters. The topological polar surface area (TPSA) is 122 Å². The van der Waals surface area contributed by atoms with Gasteiger partial charge in [-0.05, 0) is 98.6 Å². The van der Waals surface area contributed by atoms with Crippen molar-refractivity contribution < 1.29 is 24.2 Å². The maximum absolute atomic E-state index is 12.9. The quantitative estimate of drug-likeness (QED) is 0.387. The van der Waals surface area contributed by atoms with Gasteiger partial charge in [0.15, 0.2) is 0 Å². The van der Waals surface area contributed by atoms with Crippen molar-refractivity contribution in [2.45, 2.75) is 51.4 Å². The van der Waals surface area contributed by atoms with Gasteiger partial charge in [0.2, 0.25) is 11.7 Å². The largest absolute Gasteiger partial charge is 0.497 e. The highest BCUT2D eigenvalue weighted by atomic mass is 16.5. The number of H-pyrrole nitrogens is 1. The van der Waals surface area contributed by atoms with E-state index in [4.69, 9.17) is 15.6 Å². The number of aromatic amines is 1. The number of benzene rings is 2. The first-order valence-electron chi connectivity index (χ1n) is 13.1. The number of aryl methyl sites for hydroxylation is 1. The standard InChI is InChI=1S/C19H17NO4.C11H17NO/c1-24-13-8-6-12(7-9-13)19(23)18-15(10-11-17(21)22)14-4-2-3-5-16(14)20-18;12-10(13)11-4-7-1-8(5-11)3-9(2-7)6-11/h2-9,20H,10-11H2,1H3,(H,21,22);7-9H,1-6H2,(H2,12,13). The Labute approximate surface area is 216 Å². The molecule has 7 heteroatoms. The van der Waals surface area contributed by atoms with Crippen LogP contribution in [0.4, 0.5) is 0 Å². The predicted molar refractivity (Wildman–Crippen MR) is 140 cm³/mol. The number of aliphatic carboxylic acids is 1. The number of ketones is 1. The number of ether oxygens (including phenoxy) is 1. The highest BCUT2D eigenvalue weighted by Crippen LogP contribution is 2.59. The minimum absolute atomic E-state index is 0.00778. The van der Waals surface area contributed by atoms with Crippen LogP contribution in [0.3, 0.4) is 0 Å². The third kappa shape index (κ3) is 4.99. The van der Waals surface area contributed by atoms with E-state index in [1.165, 1.54) is 19.3 Å². The zero-order chi connectivity index (χ0) is 26.2. The number of carbonyl (C=O) groups is 3. The molecular weight excluding hydrogens is 468 g/mol. The molecule has 0 saturated heterocycles. The van der Waals surface area contributed by atoms with Crippen LogP contribution in [0, 0.1) is 23.2 Å². The first-order chi connectivity index (χ1) is 17.8. The molecule has 2 aromatic carbocycles. The number of para-hydroxylation sites is 1. The summed E-state index contributed by atoms with van der Waals surface area (Å²) in [5.41, 5.74) is 8.04. The second-order valence-corrected chi connectivity index (χ2v) is 11.0. The zero-order valence-corrected chi connectivity index (χ0v) is 21.2. The lowest BCUT2D eigenvalue weighted by Crippen LogP contribution is -2.52. The summed E-state index contributed by atoms with van der Waals surface area (Å²) in [6.07, 6.45) is 7.74. The smallest absolute Gasteiger partial charge is 0.303 e. The van der Waals surface area contributed by atoms with Crippen LogP contribution >= 0.6 is 0 Å². The highest BCUT2D eigenvalue weighted by molar-refractivity contribution is 6.12. The molecular formula is C30H34N2O5. The monoisotopic (exact) mass is 502 g/mol. The molecule has 1 heterocycles. The molecule has 7 rings (SSSR count). The Balaban J connectivity index is 0.000000179. The number of hydrogen-bond donors (Lipinski definition) is 3. The second kappa shape index (κ2) is 10.0. The second-order valence-electron chi connectivity index (χ2n) is 11.0. The molecule has 7 nitrogen and oxygen atoms in total. The van der Waals surface area contributed by atoms with Crippen molar-refractivity contribution in [1.82, 2.24) is 4.98 Å². The van der Waals surface area contributed by atoms with E-state index >= 15 is 0 Å². The molecule has 4 fully saturated rings. The van der Waals surface area contributed by atoms with Gasteiger partial charge in [0.1, 0.15) is 5.75 Å². The summed E-state index contributed by atoms with van der Waals surface area (Å²) in [7, 11) is 1.57. The van der Waals surface area contributed by atoms with Crippen molar-refractivity contribution in [3.05, 3.63) is 65.4 Å². The predicted octanol–water partition coefficient (Wildman–Crippen LogP) is 5.11. The summed E-state index contributed by atoms with van der Waals surface area (Å²) in [5, 5.41) is 9.86. The van der Waals surface area contributed by atoms with Crippen LogP contribution in [0.25, 0.3) is 10.9 Å². The SMILES string of the molecule is COc1ccc(C(=O)c2[nH]c3ccccc3c2CCC(=O)O)cc1.NC(=O)C12CC3CC(CC(C3)C1)C2. The maximum Gasteiger partial charge on any atom is 0.303 e. The van der Waals surface area contributed by atoms with Crippen molar-refractivity contribution in [1.29, 1.82) is 0 Å². The number of amides is 1. The molecule has 0 radical (unpaired) electrons. The van der Waals surface area contributed by atoms with Gasteiger partial charge >= 0.3 is 5.97 Å². The molecule has 194 valence electrons. The molecule has 4 N–H and O–H groups in total. The summed E-state index contributed by atoms with van der Waals surface area (Å²) in [4.78, 5) is 38.4. The number of carbonyl (C=O) groups excluding carboxylic acids is 2. The van der Waals surface area contributed by atoms with Crippen molar-refractivity contribution >= 4 is 28.6 Å². The average molecular weight is 503 g/mol. The number of hydrogen-bond acceptors (Lipinski definition) is 4. The van der Waals surface area contributed by atoms with Crippen molar-refractivity contribution in [2.24, 2.45) is 28.9 Å². The normalized spacial score (nSPS) is 25.4. The van der Waals surface area contributed by atoms with E-state index in [0.29, 0.717) is 23.4 Å². The zero-order valence-electron chi connectivity index (χ0n) is 21.2. The van der Waals surface area contributed by atoms with Gasteiger partial charge in [-0.2, -0.15) is 0 Å².